The first-order valence-electron chi connectivity index (χ1n) is 10.7. The summed E-state index contributed by atoms with van der Waals surface area (Å²) in [6, 6.07) is 1.37. The molecule has 3 heterocycles. The molecule has 10 nitrogen and oxygen atoms in total. The lowest BCUT2D eigenvalue weighted by molar-refractivity contribution is -0.136. The van der Waals surface area contributed by atoms with Gasteiger partial charge < -0.3 is 14.5 Å². The Morgan fingerprint density at radius 2 is 1.67 bits per heavy atom. The minimum absolute atomic E-state index is 0.0123. The van der Waals surface area contributed by atoms with Crippen LogP contribution in [0.4, 0.5) is 14.9 Å². The number of hydrogen-bond acceptors (Lipinski definition) is 7. The van der Waals surface area contributed by atoms with Crippen LogP contribution in [-0.2, 0) is 14.3 Å². The predicted molar refractivity (Wildman–Crippen MR) is 113 cm³/mol. The molecule has 0 aliphatic carbocycles. The lowest BCUT2D eigenvalue weighted by Crippen LogP contribution is -2.54. The van der Waals surface area contributed by atoms with Crippen LogP contribution in [0.25, 0.3) is 0 Å². The van der Waals surface area contributed by atoms with Crippen LogP contribution in [0.3, 0.4) is 0 Å². The second-order valence-corrected chi connectivity index (χ2v) is 9.22. The number of amides is 5. The maximum absolute atomic E-state index is 14.6. The number of halogens is 1. The molecule has 11 heteroatoms. The van der Waals surface area contributed by atoms with Crippen molar-refractivity contribution in [3.8, 4) is 0 Å². The summed E-state index contributed by atoms with van der Waals surface area (Å²) >= 11 is 0. The highest BCUT2D eigenvalue weighted by atomic mass is 19.1. The van der Waals surface area contributed by atoms with Crippen LogP contribution in [-0.4, -0.2) is 77.3 Å². The maximum atomic E-state index is 14.6. The number of ether oxygens (including phenoxy) is 1. The molecule has 1 atom stereocenters. The van der Waals surface area contributed by atoms with Gasteiger partial charge in [0.25, 0.3) is 11.8 Å². The van der Waals surface area contributed by atoms with Gasteiger partial charge in [-0.25, -0.2) is 9.18 Å². The molecule has 5 amide bonds. The molecule has 2 saturated heterocycles. The molecular formula is C22H25FN4O6. The van der Waals surface area contributed by atoms with Crippen molar-refractivity contribution in [1.82, 2.24) is 15.1 Å². The van der Waals surface area contributed by atoms with Crippen LogP contribution in [0.1, 0.15) is 54.3 Å². The zero-order valence-corrected chi connectivity index (χ0v) is 18.6. The number of carbonyl (C=O) groups excluding carboxylic acids is 5. The number of hydrogen-bond donors (Lipinski definition) is 1. The van der Waals surface area contributed by atoms with Crippen molar-refractivity contribution in [3.05, 3.63) is 29.1 Å². The standard InChI is InChI=1S/C22H25FN4O6/c1-22(2,3)33-21(32)26-10-8-25(9-11-26)13-5-4-12(23)16-17(13)20(31)27(19(16)30)14-6-7-15(28)24-18(14)29/h4-5,14H,6-11H2,1-3H3,(H,24,28,29). The Bertz CT molecular complexity index is 1060. The molecule has 3 aliphatic rings. The second kappa shape index (κ2) is 8.13. The summed E-state index contributed by atoms with van der Waals surface area (Å²) in [5, 5.41) is 2.12. The van der Waals surface area contributed by atoms with Gasteiger partial charge in [-0.05, 0) is 39.3 Å². The van der Waals surface area contributed by atoms with Crippen molar-refractivity contribution in [2.24, 2.45) is 0 Å². The Balaban J connectivity index is 1.57. The Labute approximate surface area is 189 Å². The quantitative estimate of drug-likeness (QED) is 0.661. The lowest BCUT2D eigenvalue weighted by atomic mass is 10.0. The van der Waals surface area contributed by atoms with Gasteiger partial charge in [0.15, 0.2) is 0 Å². The Morgan fingerprint density at radius 3 is 2.27 bits per heavy atom. The van der Waals surface area contributed by atoms with Crippen LogP contribution in [0, 0.1) is 5.82 Å². The van der Waals surface area contributed by atoms with Gasteiger partial charge in [-0.1, -0.05) is 0 Å². The Hall–Kier alpha value is -3.50. The van der Waals surface area contributed by atoms with Gasteiger partial charge in [0, 0.05) is 32.6 Å². The maximum Gasteiger partial charge on any atom is 0.410 e. The van der Waals surface area contributed by atoms with Crippen LogP contribution in [0.5, 0.6) is 0 Å². The third kappa shape index (κ3) is 4.14. The van der Waals surface area contributed by atoms with Crippen LogP contribution in [0.15, 0.2) is 12.1 Å². The van der Waals surface area contributed by atoms with E-state index in [1.165, 1.54) is 6.07 Å². The van der Waals surface area contributed by atoms with E-state index in [2.05, 4.69) is 5.32 Å². The third-order valence-electron chi connectivity index (χ3n) is 5.79. The number of nitrogens with one attached hydrogen (secondary N) is 1. The fourth-order valence-corrected chi connectivity index (χ4v) is 4.26. The molecule has 0 spiro atoms. The van der Waals surface area contributed by atoms with Gasteiger partial charge >= 0.3 is 6.09 Å². The number of benzene rings is 1. The number of fused-ring (bicyclic) bond motifs is 1. The summed E-state index contributed by atoms with van der Waals surface area (Å²) in [6.07, 6.45) is -0.477. The number of carbonyl (C=O) groups is 5. The first kappa shape index (κ1) is 22.7. The zero-order chi connectivity index (χ0) is 24.1. The summed E-state index contributed by atoms with van der Waals surface area (Å²) < 4.78 is 20.0. The number of piperidine rings is 1. The Kier molecular flexibility index (Phi) is 5.59. The number of rotatable bonds is 2. The van der Waals surface area contributed by atoms with Crippen molar-refractivity contribution in [1.29, 1.82) is 0 Å². The fourth-order valence-electron chi connectivity index (χ4n) is 4.26. The van der Waals surface area contributed by atoms with Crippen molar-refractivity contribution in [3.63, 3.8) is 0 Å². The molecule has 1 aromatic rings. The molecule has 2 fully saturated rings. The normalized spacial score (nSPS) is 21.3. The number of imide groups is 2. The molecule has 3 aliphatic heterocycles. The van der Waals surface area contributed by atoms with Gasteiger partial charge in [-0.15, -0.1) is 0 Å². The van der Waals surface area contributed by atoms with Gasteiger partial charge in [0.2, 0.25) is 11.8 Å². The molecule has 1 unspecified atom stereocenters. The largest absolute Gasteiger partial charge is 0.444 e. The monoisotopic (exact) mass is 460 g/mol. The summed E-state index contributed by atoms with van der Waals surface area (Å²) in [6.45, 7) is 6.66. The van der Waals surface area contributed by atoms with Crippen LogP contribution in [0.2, 0.25) is 0 Å². The summed E-state index contributed by atoms with van der Waals surface area (Å²) in [5.41, 5.74) is -0.742. The minimum Gasteiger partial charge on any atom is -0.444 e. The number of anilines is 1. The third-order valence-corrected chi connectivity index (χ3v) is 5.79. The van der Waals surface area contributed by atoms with Crippen LogP contribution < -0.4 is 10.2 Å². The van der Waals surface area contributed by atoms with Gasteiger partial charge in [-0.2, -0.15) is 0 Å². The molecule has 176 valence electrons. The van der Waals surface area contributed by atoms with Gasteiger partial charge in [0.1, 0.15) is 17.5 Å². The molecule has 1 N–H and O–H groups in total. The topological polar surface area (TPSA) is 116 Å². The zero-order valence-electron chi connectivity index (χ0n) is 18.6. The van der Waals surface area contributed by atoms with Crippen molar-refractivity contribution < 1.29 is 33.1 Å². The molecule has 0 aromatic heterocycles. The molecule has 0 saturated carbocycles. The minimum atomic E-state index is -1.17. The van der Waals surface area contributed by atoms with E-state index in [1.54, 1.807) is 30.6 Å². The summed E-state index contributed by atoms with van der Waals surface area (Å²) in [5.74, 6) is -3.75. The summed E-state index contributed by atoms with van der Waals surface area (Å²) in [4.78, 5) is 66.4. The molecule has 33 heavy (non-hydrogen) atoms. The van der Waals surface area contributed by atoms with E-state index in [4.69, 9.17) is 4.74 Å². The van der Waals surface area contributed by atoms with Crippen LogP contribution >= 0.6 is 0 Å². The molecule has 0 bridgehead atoms. The fraction of sp³-hybridized carbons (Fsp3) is 0.500. The first-order valence-corrected chi connectivity index (χ1v) is 10.7. The molecule has 0 radical (unpaired) electrons. The average molecular weight is 460 g/mol. The molecular weight excluding hydrogens is 435 g/mol. The lowest BCUT2D eigenvalue weighted by Gasteiger charge is -2.37. The van der Waals surface area contributed by atoms with E-state index in [0.717, 1.165) is 11.0 Å². The van der Waals surface area contributed by atoms with Crippen molar-refractivity contribution >= 4 is 35.4 Å². The Morgan fingerprint density at radius 1 is 1.03 bits per heavy atom. The number of nitrogens with zero attached hydrogens (tertiary/aromatic N) is 3. The average Bonchev–Trinajstić information content (AvgIpc) is 2.99. The number of piperazine rings is 1. The summed E-state index contributed by atoms with van der Waals surface area (Å²) in [7, 11) is 0. The molecule has 1 aromatic carbocycles. The smallest absolute Gasteiger partial charge is 0.410 e. The van der Waals surface area contributed by atoms with E-state index in [-0.39, 0.29) is 24.0 Å². The van der Waals surface area contributed by atoms with E-state index < -0.39 is 47.2 Å². The highest BCUT2D eigenvalue weighted by Gasteiger charge is 2.47. The highest BCUT2D eigenvalue weighted by molar-refractivity contribution is 6.25. The second-order valence-electron chi connectivity index (χ2n) is 9.22. The SMILES string of the molecule is CC(C)(C)OC(=O)N1CCN(c2ccc(F)c3c2C(=O)N(C2CCC(=O)NC2=O)C3=O)CC1. The predicted octanol–water partition coefficient (Wildman–Crippen LogP) is 1.28. The van der Waals surface area contributed by atoms with Crippen molar-refractivity contribution in [2.75, 3.05) is 31.1 Å². The van der Waals surface area contributed by atoms with E-state index >= 15 is 0 Å². The van der Waals surface area contributed by atoms with E-state index in [9.17, 15) is 28.4 Å². The van der Waals surface area contributed by atoms with Gasteiger partial charge in [-0.3, -0.25) is 29.4 Å². The van der Waals surface area contributed by atoms with Crippen molar-refractivity contribution in [2.45, 2.75) is 45.3 Å². The molecule has 4 rings (SSSR count). The van der Waals surface area contributed by atoms with E-state index in [1.807, 2.05) is 0 Å². The first-order chi connectivity index (χ1) is 15.5. The van der Waals surface area contributed by atoms with Gasteiger partial charge in [0.05, 0.1) is 16.8 Å². The highest BCUT2D eigenvalue weighted by Crippen LogP contribution is 2.36. The van der Waals surface area contributed by atoms with E-state index in [0.29, 0.717) is 31.9 Å².